The van der Waals surface area contributed by atoms with Crippen LogP contribution in [0.3, 0.4) is 0 Å². The molecule has 2 N–H and O–H groups in total. The molecule has 0 aliphatic heterocycles. The summed E-state index contributed by atoms with van der Waals surface area (Å²) in [4.78, 5) is 37.1. The third-order valence-electron chi connectivity index (χ3n) is 3.29. The van der Waals surface area contributed by atoms with Crippen LogP contribution in [-0.2, 0) is 10.5 Å². The molecule has 7 nitrogen and oxygen atoms in total. The highest BCUT2D eigenvalue weighted by atomic mass is 32.2. The molecule has 0 aromatic carbocycles. The molecule has 0 unspecified atom stereocenters. The zero-order valence-corrected chi connectivity index (χ0v) is 16.4. The van der Waals surface area contributed by atoms with Crippen LogP contribution in [0.5, 0.6) is 0 Å². The van der Waals surface area contributed by atoms with Gasteiger partial charge in [-0.2, -0.15) is 0 Å². The van der Waals surface area contributed by atoms with E-state index in [1.807, 2.05) is 13.8 Å². The maximum atomic E-state index is 12.4. The highest BCUT2D eigenvalue weighted by molar-refractivity contribution is 8.13. The van der Waals surface area contributed by atoms with Crippen molar-refractivity contribution >= 4 is 44.5 Å². The molecule has 0 aliphatic carbocycles. The van der Waals surface area contributed by atoms with E-state index in [1.165, 1.54) is 23.1 Å². The van der Waals surface area contributed by atoms with E-state index < -0.39 is 5.97 Å². The number of ether oxygens (including phenoxy) is 1. The van der Waals surface area contributed by atoms with Gasteiger partial charge in [-0.3, -0.25) is 9.79 Å². The number of thiophene rings is 1. The summed E-state index contributed by atoms with van der Waals surface area (Å²) in [6.07, 6.45) is 0. The molecule has 2 aromatic rings. The Labute approximate surface area is 154 Å². The van der Waals surface area contributed by atoms with Gasteiger partial charge < -0.3 is 15.0 Å². The molecule has 0 amide bonds. The molecule has 0 spiro atoms. The van der Waals surface area contributed by atoms with E-state index in [9.17, 15) is 9.59 Å². The van der Waals surface area contributed by atoms with Crippen molar-refractivity contribution in [3.05, 3.63) is 26.6 Å². The predicted molar refractivity (Wildman–Crippen MR) is 104 cm³/mol. The van der Waals surface area contributed by atoms with Crippen LogP contribution >= 0.6 is 23.1 Å². The number of rotatable bonds is 6. The average molecular weight is 383 g/mol. The Balaban J connectivity index is 2.31. The lowest BCUT2D eigenvalue weighted by Crippen LogP contribution is -2.20. The number of aromatic amines is 1. The van der Waals surface area contributed by atoms with E-state index in [4.69, 9.17) is 4.74 Å². The molecule has 0 fully saturated rings. The quantitative estimate of drug-likeness (QED) is 0.453. The maximum Gasteiger partial charge on any atom is 0.348 e. The monoisotopic (exact) mass is 382 g/mol. The van der Waals surface area contributed by atoms with Crippen molar-refractivity contribution in [1.29, 1.82) is 0 Å². The van der Waals surface area contributed by atoms with Crippen LogP contribution in [0, 0.1) is 6.92 Å². The van der Waals surface area contributed by atoms with E-state index in [1.54, 1.807) is 13.8 Å². The molecule has 0 radical (unpaired) electrons. The van der Waals surface area contributed by atoms with Crippen molar-refractivity contribution in [3.63, 3.8) is 0 Å². The van der Waals surface area contributed by atoms with E-state index in [0.29, 0.717) is 45.4 Å². The molecule has 0 aliphatic rings. The van der Waals surface area contributed by atoms with Crippen molar-refractivity contribution in [2.45, 2.75) is 33.4 Å². The SMILES string of the molecule is CCN=C(NCC)SCc1nc2sc(C(=O)OCC)c(C)c2c(=O)[nH]1. The van der Waals surface area contributed by atoms with Gasteiger partial charge in [0.05, 0.1) is 17.7 Å². The minimum Gasteiger partial charge on any atom is -0.462 e. The first-order valence-electron chi connectivity index (χ1n) is 8.12. The van der Waals surface area contributed by atoms with Crippen LogP contribution in [0.1, 0.15) is 41.8 Å². The molecule has 2 aromatic heterocycles. The van der Waals surface area contributed by atoms with Crippen molar-refractivity contribution < 1.29 is 9.53 Å². The molecule has 0 atom stereocenters. The number of H-pyrrole nitrogens is 1. The van der Waals surface area contributed by atoms with Gasteiger partial charge in [-0.15, -0.1) is 11.3 Å². The summed E-state index contributed by atoms with van der Waals surface area (Å²) in [6, 6.07) is 0. The van der Waals surface area contributed by atoms with E-state index in [-0.39, 0.29) is 5.56 Å². The number of fused-ring (bicyclic) bond motifs is 1. The van der Waals surface area contributed by atoms with Crippen molar-refractivity contribution in [2.75, 3.05) is 19.7 Å². The lowest BCUT2D eigenvalue weighted by molar-refractivity contribution is 0.0531. The predicted octanol–water partition coefficient (Wildman–Crippen LogP) is 2.69. The van der Waals surface area contributed by atoms with Crippen LogP contribution in [-0.4, -0.2) is 40.8 Å². The first-order chi connectivity index (χ1) is 12.0. The molecule has 2 heterocycles. The Morgan fingerprint density at radius 1 is 1.40 bits per heavy atom. The van der Waals surface area contributed by atoms with Gasteiger partial charge in [0.2, 0.25) is 0 Å². The van der Waals surface area contributed by atoms with Crippen LogP contribution in [0.15, 0.2) is 9.79 Å². The second-order valence-corrected chi connectivity index (χ2v) is 7.03. The van der Waals surface area contributed by atoms with Gasteiger partial charge in [0, 0.05) is 13.1 Å². The highest BCUT2D eigenvalue weighted by Crippen LogP contribution is 2.28. The number of carbonyl (C=O) groups excluding carboxylic acids is 1. The number of aliphatic imine (C=N–C) groups is 1. The van der Waals surface area contributed by atoms with E-state index in [2.05, 4.69) is 20.3 Å². The smallest absolute Gasteiger partial charge is 0.348 e. The number of nitrogens with one attached hydrogen (secondary N) is 2. The fourth-order valence-corrected chi connectivity index (χ4v) is 4.20. The molecule has 25 heavy (non-hydrogen) atoms. The number of nitrogens with zero attached hydrogens (tertiary/aromatic N) is 2. The number of thioether (sulfide) groups is 1. The first kappa shape index (κ1) is 19.5. The standard InChI is InChI=1S/C16H22N4O3S2/c1-5-17-16(18-6-2)24-8-10-19-13(21)11-9(4)12(15(22)23-7-3)25-14(11)20-10/h5-8H2,1-4H3,(H,17,18)(H,19,20,21). The first-order valence-corrected chi connectivity index (χ1v) is 9.92. The number of carbonyl (C=O) groups is 1. The lowest BCUT2D eigenvalue weighted by atomic mass is 10.2. The van der Waals surface area contributed by atoms with Crippen LogP contribution in [0.25, 0.3) is 10.2 Å². The van der Waals surface area contributed by atoms with Gasteiger partial charge in [-0.05, 0) is 33.3 Å². The summed E-state index contributed by atoms with van der Waals surface area (Å²) in [5.74, 6) is 0.631. The van der Waals surface area contributed by atoms with Crippen molar-refractivity contribution in [3.8, 4) is 0 Å². The fraction of sp³-hybridized carbons (Fsp3) is 0.500. The molecular weight excluding hydrogens is 360 g/mol. The second-order valence-electron chi connectivity index (χ2n) is 5.07. The minimum absolute atomic E-state index is 0.234. The third kappa shape index (κ3) is 4.60. The van der Waals surface area contributed by atoms with Crippen LogP contribution in [0.2, 0.25) is 0 Å². The van der Waals surface area contributed by atoms with Gasteiger partial charge in [0.25, 0.3) is 5.56 Å². The van der Waals surface area contributed by atoms with E-state index >= 15 is 0 Å². The summed E-state index contributed by atoms with van der Waals surface area (Å²) in [7, 11) is 0. The minimum atomic E-state index is -0.414. The van der Waals surface area contributed by atoms with Gasteiger partial charge in [0.15, 0.2) is 5.17 Å². The molecule has 0 saturated heterocycles. The summed E-state index contributed by atoms with van der Waals surface area (Å²) in [5.41, 5.74) is 0.384. The highest BCUT2D eigenvalue weighted by Gasteiger charge is 2.20. The average Bonchev–Trinajstić information content (AvgIpc) is 2.90. The number of aromatic nitrogens is 2. The number of hydrogen-bond acceptors (Lipinski definition) is 7. The Morgan fingerprint density at radius 3 is 2.80 bits per heavy atom. The number of aryl methyl sites for hydroxylation is 1. The molecule has 9 heteroatoms. The molecule has 136 valence electrons. The second kappa shape index (κ2) is 9.00. The summed E-state index contributed by atoms with van der Waals surface area (Å²) in [5, 5.41) is 4.46. The fourth-order valence-electron chi connectivity index (χ4n) is 2.23. The largest absolute Gasteiger partial charge is 0.462 e. The lowest BCUT2D eigenvalue weighted by Gasteiger charge is -2.06. The third-order valence-corrected chi connectivity index (χ3v) is 5.42. The molecule has 0 bridgehead atoms. The summed E-state index contributed by atoms with van der Waals surface area (Å²) in [6.45, 7) is 9.22. The van der Waals surface area contributed by atoms with Crippen LogP contribution in [0.4, 0.5) is 0 Å². The van der Waals surface area contributed by atoms with Crippen molar-refractivity contribution in [2.24, 2.45) is 4.99 Å². The molecule has 2 rings (SSSR count). The van der Waals surface area contributed by atoms with Crippen LogP contribution < -0.4 is 10.9 Å². The molecular formula is C16H22N4O3S2. The van der Waals surface area contributed by atoms with Gasteiger partial charge in [0.1, 0.15) is 15.5 Å². The van der Waals surface area contributed by atoms with Crippen molar-refractivity contribution in [1.82, 2.24) is 15.3 Å². The number of esters is 1. The zero-order chi connectivity index (χ0) is 18.4. The normalized spacial score (nSPS) is 11.8. The Bertz CT molecular complexity index is 842. The maximum absolute atomic E-state index is 12.4. The van der Waals surface area contributed by atoms with Gasteiger partial charge in [-0.25, -0.2) is 9.78 Å². The van der Waals surface area contributed by atoms with Gasteiger partial charge >= 0.3 is 5.97 Å². The van der Waals surface area contributed by atoms with E-state index in [0.717, 1.165) is 11.7 Å². The topological polar surface area (TPSA) is 96.4 Å². The molecule has 0 saturated carbocycles. The number of amidine groups is 1. The Kier molecular flexibility index (Phi) is 7.01. The summed E-state index contributed by atoms with van der Waals surface area (Å²) >= 11 is 2.68. The number of hydrogen-bond donors (Lipinski definition) is 2. The Morgan fingerprint density at radius 2 is 2.16 bits per heavy atom. The Hall–Kier alpha value is -1.87. The summed E-state index contributed by atoms with van der Waals surface area (Å²) < 4.78 is 5.04. The zero-order valence-electron chi connectivity index (χ0n) is 14.8. The van der Waals surface area contributed by atoms with Gasteiger partial charge in [-0.1, -0.05) is 11.8 Å².